The Morgan fingerprint density at radius 2 is 1.80 bits per heavy atom. The van der Waals surface area contributed by atoms with E-state index in [4.69, 9.17) is 9.47 Å². The second-order valence-electron chi connectivity index (χ2n) is 7.54. The zero-order chi connectivity index (χ0) is 25.4. The maximum absolute atomic E-state index is 12.8. The van der Waals surface area contributed by atoms with Gasteiger partial charge in [-0.1, -0.05) is 18.2 Å². The summed E-state index contributed by atoms with van der Waals surface area (Å²) in [5.41, 5.74) is 2.01. The minimum atomic E-state index is -0.413. The van der Waals surface area contributed by atoms with Crippen molar-refractivity contribution in [3.05, 3.63) is 64.1 Å². The van der Waals surface area contributed by atoms with E-state index in [-0.39, 0.29) is 24.9 Å². The van der Waals surface area contributed by atoms with Crippen LogP contribution in [0.3, 0.4) is 0 Å². The molecule has 1 heterocycles. The fourth-order valence-corrected chi connectivity index (χ4v) is 4.14. The summed E-state index contributed by atoms with van der Waals surface area (Å²) in [4.78, 5) is 49.9. The molecule has 0 bridgehead atoms. The van der Waals surface area contributed by atoms with E-state index in [1.165, 1.54) is 14.0 Å². The van der Waals surface area contributed by atoms with Gasteiger partial charge in [-0.25, -0.2) is 0 Å². The molecule has 2 aromatic carbocycles. The molecule has 0 unspecified atom stereocenters. The Morgan fingerprint density at radius 3 is 2.46 bits per heavy atom. The van der Waals surface area contributed by atoms with Gasteiger partial charge in [0.05, 0.1) is 18.6 Å². The lowest BCUT2D eigenvalue weighted by Gasteiger charge is -2.13. The van der Waals surface area contributed by atoms with Crippen LogP contribution in [0.25, 0.3) is 6.08 Å². The lowest BCUT2D eigenvalue weighted by molar-refractivity contribution is -0.122. The van der Waals surface area contributed by atoms with Crippen molar-refractivity contribution in [3.8, 4) is 11.5 Å². The Morgan fingerprint density at radius 1 is 1.06 bits per heavy atom. The second-order valence-corrected chi connectivity index (χ2v) is 8.53. The fraction of sp³-hybridized carbons (Fsp3) is 0.280. The number of methoxy groups -OCH3 is 1. The van der Waals surface area contributed by atoms with Crippen molar-refractivity contribution >= 4 is 40.8 Å². The third kappa shape index (κ3) is 6.86. The summed E-state index contributed by atoms with van der Waals surface area (Å²) in [6.07, 6.45) is 1.63. The first-order valence-corrected chi connectivity index (χ1v) is 11.8. The number of carbonyl (C=O) groups is 4. The zero-order valence-electron chi connectivity index (χ0n) is 19.8. The van der Waals surface area contributed by atoms with Gasteiger partial charge in [-0.2, -0.15) is 0 Å². The van der Waals surface area contributed by atoms with Crippen LogP contribution in [0.2, 0.25) is 0 Å². The van der Waals surface area contributed by atoms with E-state index >= 15 is 0 Å². The molecule has 3 rings (SSSR count). The standard InChI is InChI=1S/C25H27N3O6S/c1-4-34-20-10-7-18(13-21(20)33-3)14-22-24(31)28(25(32)35-22)12-11-26-23(30)19-8-5-17(6-9-19)15-27-16(2)29/h5-10,13-14H,4,11-12,15H2,1-3H3,(H,26,30)(H,27,29)/b22-14-. The van der Waals surface area contributed by atoms with Crippen molar-refractivity contribution in [1.82, 2.24) is 15.5 Å². The van der Waals surface area contributed by atoms with Crippen molar-refractivity contribution in [2.45, 2.75) is 20.4 Å². The summed E-state index contributed by atoms with van der Waals surface area (Å²) in [7, 11) is 1.53. The number of amides is 4. The number of imide groups is 1. The quantitative estimate of drug-likeness (QED) is 0.485. The highest BCUT2D eigenvalue weighted by Gasteiger charge is 2.34. The van der Waals surface area contributed by atoms with Crippen LogP contribution in [0.15, 0.2) is 47.4 Å². The van der Waals surface area contributed by atoms with Gasteiger partial charge in [0.15, 0.2) is 11.5 Å². The second kappa shape index (κ2) is 12.1. The lowest BCUT2D eigenvalue weighted by atomic mass is 10.1. The van der Waals surface area contributed by atoms with E-state index in [0.29, 0.717) is 40.7 Å². The Labute approximate surface area is 207 Å². The molecule has 0 saturated carbocycles. The number of thioether (sulfide) groups is 1. The number of benzene rings is 2. The molecule has 2 N–H and O–H groups in total. The molecule has 0 aliphatic carbocycles. The number of nitrogens with one attached hydrogen (secondary N) is 2. The summed E-state index contributed by atoms with van der Waals surface area (Å²) < 4.78 is 10.8. The van der Waals surface area contributed by atoms with Gasteiger partial charge in [0.25, 0.3) is 17.1 Å². The minimum absolute atomic E-state index is 0.0565. The van der Waals surface area contributed by atoms with Gasteiger partial charge in [0.2, 0.25) is 5.91 Å². The molecule has 0 spiro atoms. The smallest absolute Gasteiger partial charge is 0.293 e. The molecule has 1 aliphatic heterocycles. The summed E-state index contributed by atoms with van der Waals surface area (Å²) >= 11 is 0.852. The molecular weight excluding hydrogens is 470 g/mol. The molecule has 9 nitrogen and oxygen atoms in total. The topological polar surface area (TPSA) is 114 Å². The van der Waals surface area contributed by atoms with Crippen molar-refractivity contribution in [2.75, 3.05) is 26.8 Å². The van der Waals surface area contributed by atoms with Gasteiger partial charge in [0, 0.05) is 32.1 Å². The molecule has 10 heteroatoms. The summed E-state index contributed by atoms with van der Waals surface area (Å²) in [5.74, 6) is 0.266. The summed E-state index contributed by atoms with van der Waals surface area (Å²) in [6, 6.07) is 12.1. The average Bonchev–Trinajstić information content (AvgIpc) is 3.11. The van der Waals surface area contributed by atoms with Gasteiger partial charge in [-0.15, -0.1) is 0 Å². The first-order valence-electron chi connectivity index (χ1n) is 11.0. The van der Waals surface area contributed by atoms with Crippen molar-refractivity contribution in [3.63, 3.8) is 0 Å². The van der Waals surface area contributed by atoms with Crippen molar-refractivity contribution in [1.29, 1.82) is 0 Å². The van der Waals surface area contributed by atoms with E-state index in [2.05, 4.69) is 10.6 Å². The van der Waals surface area contributed by atoms with Gasteiger partial charge in [-0.05, 0) is 60.2 Å². The van der Waals surface area contributed by atoms with Crippen LogP contribution in [0.5, 0.6) is 11.5 Å². The molecule has 0 atom stereocenters. The highest BCUT2D eigenvalue weighted by Crippen LogP contribution is 2.34. The number of nitrogens with zero attached hydrogens (tertiary/aromatic N) is 1. The van der Waals surface area contributed by atoms with Gasteiger partial charge in [-0.3, -0.25) is 24.1 Å². The number of hydrogen-bond acceptors (Lipinski definition) is 7. The van der Waals surface area contributed by atoms with Crippen LogP contribution >= 0.6 is 11.8 Å². The molecule has 1 aliphatic rings. The monoisotopic (exact) mass is 497 g/mol. The SMILES string of the molecule is CCOc1ccc(/C=C2\SC(=O)N(CCNC(=O)c3ccc(CNC(C)=O)cc3)C2=O)cc1OC. The molecule has 0 radical (unpaired) electrons. The van der Waals surface area contributed by atoms with E-state index in [1.54, 1.807) is 48.5 Å². The summed E-state index contributed by atoms with van der Waals surface area (Å²) in [6.45, 7) is 4.36. The van der Waals surface area contributed by atoms with Crippen LogP contribution in [0.1, 0.15) is 35.3 Å². The van der Waals surface area contributed by atoms with E-state index in [9.17, 15) is 19.2 Å². The summed E-state index contributed by atoms with van der Waals surface area (Å²) in [5, 5.41) is 5.02. The van der Waals surface area contributed by atoms with Crippen LogP contribution in [-0.2, 0) is 16.1 Å². The van der Waals surface area contributed by atoms with E-state index in [0.717, 1.165) is 22.2 Å². The first kappa shape index (κ1) is 25.8. The van der Waals surface area contributed by atoms with Crippen LogP contribution in [-0.4, -0.2) is 54.7 Å². The molecule has 184 valence electrons. The van der Waals surface area contributed by atoms with Crippen molar-refractivity contribution < 1.29 is 28.7 Å². The minimum Gasteiger partial charge on any atom is -0.493 e. The molecule has 1 fully saturated rings. The number of hydrogen-bond donors (Lipinski definition) is 2. The Hall–Kier alpha value is -3.79. The van der Waals surface area contributed by atoms with Gasteiger partial charge in [0.1, 0.15) is 0 Å². The molecule has 1 saturated heterocycles. The normalized spacial score (nSPS) is 14.3. The Bertz CT molecular complexity index is 1150. The average molecular weight is 498 g/mol. The molecule has 35 heavy (non-hydrogen) atoms. The number of ether oxygens (including phenoxy) is 2. The predicted octanol–water partition coefficient (Wildman–Crippen LogP) is 3.20. The van der Waals surface area contributed by atoms with Crippen molar-refractivity contribution in [2.24, 2.45) is 0 Å². The molecule has 0 aromatic heterocycles. The third-order valence-corrected chi connectivity index (χ3v) is 5.94. The zero-order valence-corrected chi connectivity index (χ0v) is 20.6. The van der Waals surface area contributed by atoms with Crippen LogP contribution in [0, 0.1) is 0 Å². The van der Waals surface area contributed by atoms with Gasteiger partial charge >= 0.3 is 0 Å². The highest BCUT2D eigenvalue weighted by molar-refractivity contribution is 8.18. The maximum atomic E-state index is 12.8. The molecular formula is C25H27N3O6S. The predicted molar refractivity (Wildman–Crippen MR) is 133 cm³/mol. The Balaban J connectivity index is 1.56. The van der Waals surface area contributed by atoms with Crippen LogP contribution < -0.4 is 20.1 Å². The molecule has 4 amide bonds. The number of carbonyl (C=O) groups excluding carboxylic acids is 4. The largest absolute Gasteiger partial charge is 0.493 e. The van der Waals surface area contributed by atoms with Crippen LogP contribution in [0.4, 0.5) is 4.79 Å². The highest BCUT2D eigenvalue weighted by atomic mass is 32.2. The maximum Gasteiger partial charge on any atom is 0.293 e. The van der Waals surface area contributed by atoms with E-state index < -0.39 is 11.1 Å². The lowest BCUT2D eigenvalue weighted by Crippen LogP contribution is -2.37. The fourth-order valence-electron chi connectivity index (χ4n) is 3.28. The third-order valence-electron chi connectivity index (χ3n) is 5.04. The Kier molecular flexibility index (Phi) is 8.91. The number of rotatable bonds is 10. The molecule has 2 aromatic rings. The van der Waals surface area contributed by atoms with E-state index in [1.807, 2.05) is 6.92 Å². The van der Waals surface area contributed by atoms with Gasteiger partial charge < -0.3 is 20.1 Å². The first-order chi connectivity index (χ1) is 16.8.